The number of anilines is 1. The van der Waals surface area contributed by atoms with Gasteiger partial charge in [-0.15, -0.1) is 0 Å². The summed E-state index contributed by atoms with van der Waals surface area (Å²) in [4.78, 5) is 2.38. The van der Waals surface area contributed by atoms with Crippen LogP contribution >= 0.6 is 0 Å². The Kier molecular flexibility index (Phi) is 12.5. The van der Waals surface area contributed by atoms with Crippen molar-refractivity contribution in [2.45, 2.75) is 45.0 Å². The fraction of sp³-hybridized carbons (Fsp3) is 0.625. The van der Waals surface area contributed by atoms with Crippen molar-refractivity contribution in [2.75, 3.05) is 78.3 Å². The summed E-state index contributed by atoms with van der Waals surface area (Å²) in [5, 5.41) is 13.3. The monoisotopic (exact) mass is 556 g/mol. The molecule has 1 fully saturated rings. The molecule has 3 unspecified atom stereocenters. The Morgan fingerprint density at radius 1 is 1.02 bits per heavy atom. The molecule has 222 valence electrons. The van der Waals surface area contributed by atoms with E-state index in [9.17, 15) is 5.11 Å². The minimum atomic E-state index is 0.00684. The Bertz CT molecular complexity index is 1000. The van der Waals surface area contributed by atoms with Crippen molar-refractivity contribution < 1.29 is 28.8 Å². The third-order valence-electron chi connectivity index (χ3n) is 7.87. The summed E-state index contributed by atoms with van der Waals surface area (Å²) < 4.78 is 28.9. The lowest BCUT2D eigenvalue weighted by molar-refractivity contribution is -0.00946. The van der Waals surface area contributed by atoms with Gasteiger partial charge in [-0.2, -0.15) is 0 Å². The first-order valence-electron chi connectivity index (χ1n) is 14.7. The second-order valence-corrected chi connectivity index (χ2v) is 11.1. The van der Waals surface area contributed by atoms with E-state index in [0.717, 1.165) is 68.2 Å². The molecule has 2 heterocycles. The predicted octanol–water partition coefficient (Wildman–Crippen LogP) is 3.99. The van der Waals surface area contributed by atoms with Crippen molar-refractivity contribution in [1.82, 2.24) is 5.32 Å². The first-order chi connectivity index (χ1) is 19.6. The normalized spacial score (nSPS) is 21.6. The average Bonchev–Trinajstić information content (AvgIpc) is 2.97. The number of aliphatic hydroxyl groups excluding tert-OH is 1. The number of nitrogens with zero attached hydrogens (tertiary/aromatic N) is 1. The summed E-state index contributed by atoms with van der Waals surface area (Å²) in [7, 11) is 3.47. The summed E-state index contributed by atoms with van der Waals surface area (Å²) in [6.45, 7) is 9.73. The van der Waals surface area contributed by atoms with Crippen LogP contribution in [0.4, 0.5) is 5.69 Å². The van der Waals surface area contributed by atoms with Crippen LogP contribution in [0.15, 0.2) is 42.5 Å². The third kappa shape index (κ3) is 8.65. The zero-order chi connectivity index (χ0) is 28.2. The van der Waals surface area contributed by atoms with Gasteiger partial charge < -0.3 is 39.0 Å². The number of fused-ring (bicyclic) bond motifs is 1. The molecule has 8 heteroatoms. The molecule has 0 bridgehead atoms. The summed E-state index contributed by atoms with van der Waals surface area (Å²) in [6.07, 6.45) is 1.73. The topological polar surface area (TPSA) is 81.7 Å². The van der Waals surface area contributed by atoms with E-state index >= 15 is 0 Å². The van der Waals surface area contributed by atoms with Crippen molar-refractivity contribution in [3.63, 3.8) is 0 Å². The number of hydrogen-bond donors (Lipinski definition) is 2. The number of benzene rings is 2. The lowest BCUT2D eigenvalue weighted by Gasteiger charge is -2.39. The molecule has 0 aliphatic carbocycles. The molecule has 2 aromatic rings. The summed E-state index contributed by atoms with van der Waals surface area (Å²) in [5.41, 5.74) is 4.68. The van der Waals surface area contributed by atoms with Gasteiger partial charge in [-0.05, 0) is 54.1 Å². The smallest absolute Gasteiger partial charge is 0.142 e. The summed E-state index contributed by atoms with van der Waals surface area (Å²) in [5.74, 6) is 1.81. The zero-order valence-electron chi connectivity index (χ0n) is 24.5. The number of aliphatic hydroxyl groups is 1. The highest BCUT2D eigenvalue weighted by atomic mass is 16.5. The van der Waals surface area contributed by atoms with Crippen molar-refractivity contribution in [2.24, 2.45) is 11.8 Å². The molecule has 0 saturated carbocycles. The molecule has 1 saturated heterocycles. The van der Waals surface area contributed by atoms with E-state index in [2.05, 4.69) is 59.6 Å². The second-order valence-electron chi connectivity index (χ2n) is 11.1. The summed E-state index contributed by atoms with van der Waals surface area (Å²) in [6, 6.07) is 15.1. The highest BCUT2D eigenvalue weighted by molar-refractivity contribution is 5.61. The van der Waals surface area contributed by atoms with Gasteiger partial charge in [0, 0.05) is 52.4 Å². The van der Waals surface area contributed by atoms with Gasteiger partial charge in [0.25, 0.3) is 0 Å². The molecule has 2 aliphatic heterocycles. The van der Waals surface area contributed by atoms with Crippen LogP contribution in [0.5, 0.6) is 5.75 Å². The molecular formula is C32H48N2O6. The van der Waals surface area contributed by atoms with Crippen molar-refractivity contribution in [1.29, 1.82) is 0 Å². The van der Waals surface area contributed by atoms with E-state index in [1.54, 1.807) is 14.2 Å². The first kappa shape index (κ1) is 30.8. The van der Waals surface area contributed by atoms with E-state index in [-0.39, 0.29) is 18.6 Å². The van der Waals surface area contributed by atoms with E-state index in [1.165, 1.54) is 5.56 Å². The van der Waals surface area contributed by atoms with E-state index < -0.39 is 0 Å². The van der Waals surface area contributed by atoms with Crippen LogP contribution in [0.25, 0.3) is 0 Å². The standard InChI is InChI=1S/C32H48N2O6/c1-24(20-37-3)21-38-22-25-5-8-27(9-6-25)32-28(11-14-35)18-33-19-31(32)40-23-26-7-10-30-29(17-26)34(13-16-39-30)12-4-15-36-2/h5-10,17,24,28,31-33,35H,4,11-16,18-23H2,1-3H3/t24-,28?,31?,32?/m0/s1. The van der Waals surface area contributed by atoms with Gasteiger partial charge in [0.2, 0.25) is 0 Å². The number of ether oxygens (including phenoxy) is 5. The molecule has 0 amide bonds. The Labute approximate surface area is 239 Å². The lowest BCUT2D eigenvalue weighted by atomic mass is 9.77. The molecule has 2 aromatic carbocycles. The molecule has 4 atom stereocenters. The highest BCUT2D eigenvalue weighted by Crippen LogP contribution is 2.36. The largest absolute Gasteiger partial charge is 0.490 e. The van der Waals surface area contributed by atoms with Gasteiger partial charge in [0.15, 0.2) is 0 Å². The van der Waals surface area contributed by atoms with Gasteiger partial charge in [-0.25, -0.2) is 0 Å². The van der Waals surface area contributed by atoms with Crippen LogP contribution in [0.3, 0.4) is 0 Å². The zero-order valence-corrected chi connectivity index (χ0v) is 24.5. The van der Waals surface area contributed by atoms with Crippen LogP contribution in [0.1, 0.15) is 42.4 Å². The Hall–Kier alpha value is -2.20. The molecule has 0 spiro atoms. The Balaban J connectivity index is 1.41. The molecule has 2 aliphatic rings. The molecule has 4 rings (SSSR count). The Morgan fingerprint density at radius 3 is 2.62 bits per heavy atom. The maximum atomic E-state index is 9.80. The maximum absolute atomic E-state index is 9.80. The van der Waals surface area contributed by atoms with Crippen molar-refractivity contribution in [3.05, 3.63) is 59.2 Å². The van der Waals surface area contributed by atoms with E-state index in [4.69, 9.17) is 23.7 Å². The quantitative estimate of drug-likeness (QED) is 0.301. The number of rotatable bonds is 16. The lowest BCUT2D eigenvalue weighted by Crippen LogP contribution is -2.47. The van der Waals surface area contributed by atoms with Crippen LogP contribution < -0.4 is 15.0 Å². The van der Waals surface area contributed by atoms with Crippen molar-refractivity contribution >= 4 is 5.69 Å². The molecule has 8 nitrogen and oxygen atoms in total. The van der Waals surface area contributed by atoms with Gasteiger partial charge in [0.05, 0.1) is 44.8 Å². The van der Waals surface area contributed by atoms with Crippen LogP contribution in [0, 0.1) is 11.8 Å². The minimum Gasteiger partial charge on any atom is -0.490 e. The fourth-order valence-electron chi connectivity index (χ4n) is 5.86. The number of methoxy groups -OCH3 is 2. The van der Waals surface area contributed by atoms with E-state index in [0.29, 0.717) is 44.9 Å². The SMILES string of the molecule is COCCCN1CCOc2ccc(COC3CNCC(CCO)C3c3ccc(COC[C@@H](C)COC)cc3)cc21. The summed E-state index contributed by atoms with van der Waals surface area (Å²) >= 11 is 0. The second kappa shape index (κ2) is 16.3. The molecular weight excluding hydrogens is 508 g/mol. The van der Waals surface area contributed by atoms with Crippen LogP contribution in [-0.4, -0.2) is 84.6 Å². The predicted molar refractivity (Wildman–Crippen MR) is 157 cm³/mol. The molecule has 40 heavy (non-hydrogen) atoms. The van der Waals surface area contributed by atoms with Gasteiger partial charge >= 0.3 is 0 Å². The third-order valence-corrected chi connectivity index (χ3v) is 7.87. The molecule has 2 N–H and O–H groups in total. The average molecular weight is 557 g/mol. The number of nitrogens with one attached hydrogen (secondary N) is 1. The minimum absolute atomic E-state index is 0.00684. The number of hydrogen-bond acceptors (Lipinski definition) is 8. The maximum Gasteiger partial charge on any atom is 0.142 e. The van der Waals surface area contributed by atoms with Gasteiger partial charge in [-0.1, -0.05) is 37.3 Å². The van der Waals surface area contributed by atoms with Gasteiger partial charge in [-0.3, -0.25) is 0 Å². The molecule has 0 aromatic heterocycles. The molecule has 0 radical (unpaired) electrons. The van der Waals surface area contributed by atoms with Crippen LogP contribution in [-0.2, 0) is 32.2 Å². The first-order valence-corrected chi connectivity index (χ1v) is 14.7. The Morgan fingerprint density at radius 2 is 1.85 bits per heavy atom. The fourth-order valence-corrected chi connectivity index (χ4v) is 5.86. The van der Waals surface area contributed by atoms with Crippen molar-refractivity contribution in [3.8, 4) is 5.75 Å². The van der Waals surface area contributed by atoms with E-state index in [1.807, 2.05) is 0 Å². The number of piperidine rings is 1. The highest BCUT2D eigenvalue weighted by Gasteiger charge is 2.35. The van der Waals surface area contributed by atoms with Crippen LogP contribution in [0.2, 0.25) is 0 Å². The van der Waals surface area contributed by atoms with Gasteiger partial charge in [0.1, 0.15) is 12.4 Å².